The lowest BCUT2D eigenvalue weighted by Gasteiger charge is -2.29. The second-order valence-electron chi connectivity index (χ2n) is 8.56. The molecular formula is C21H35N7O6. The van der Waals surface area contributed by atoms with Crippen molar-refractivity contribution in [1.29, 1.82) is 0 Å². The van der Waals surface area contributed by atoms with Crippen molar-refractivity contribution in [2.45, 2.75) is 71.1 Å². The van der Waals surface area contributed by atoms with E-state index in [4.69, 9.17) is 11.5 Å². The van der Waals surface area contributed by atoms with E-state index >= 15 is 0 Å². The molecule has 1 aromatic heterocycles. The summed E-state index contributed by atoms with van der Waals surface area (Å²) in [5.41, 5.74) is 11.7. The van der Waals surface area contributed by atoms with Crippen molar-refractivity contribution in [1.82, 2.24) is 25.9 Å². The minimum Gasteiger partial charge on any atom is -0.480 e. The monoisotopic (exact) mass is 481 g/mol. The number of hydrogen-bond acceptors (Lipinski definition) is 7. The van der Waals surface area contributed by atoms with Crippen molar-refractivity contribution in [2.75, 3.05) is 0 Å². The Morgan fingerprint density at radius 1 is 1.03 bits per heavy atom. The topological polar surface area (TPSA) is 222 Å². The lowest BCUT2D eigenvalue weighted by Crippen LogP contribution is -2.60. The number of carbonyl (C=O) groups excluding carboxylic acids is 4. The molecule has 0 aliphatic heterocycles. The van der Waals surface area contributed by atoms with Gasteiger partial charge in [0.05, 0.1) is 18.8 Å². The fourth-order valence-electron chi connectivity index (χ4n) is 3.13. The van der Waals surface area contributed by atoms with Gasteiger partial charge in [-0.2, -0.15) is 0 Å². The number of rotatable bonds is 14. The molecule has 0 fully saturated rings. The van der Waals surface area contributed by atoms with Gasteiger partial charge >= 0.3 is 5.97 Å². The van der Waals surface area contributed by atoms with Crippen LogP contribution in [0.15, 0.2) is 12.5 Å². The number of nitrogens with one attached hydrogen (secondary N) is 4. The summed E-state index contributed by atoms with van der Waals surface area (Å²) in [4.78, 5) is 67.7. The maximum atomic E-state index is 13.0. The van der Waals surface area contributed by atoms with Crippen molar-refractivity contribution in [3.8, 4) is 0 Å². The van der Waals surface area contributed by atoms with Crippen LogP contribution in [0, 0.1) is 11.8 Å². The first-order valence-corrected chi connectivity index (χ1v) is 11.0. The maximum Gasteiger partial charge on any atom is 0.326 e. The predicted octanol–water partition coefficient (Wildman–Crippen LogP) is -1.60. The number of aromatic nitrogens is 2. The first kappa shape index (κ1) is 28.6. The molecule has 13 nitrogen and oxygen atoms in total. The second kappa shape index (κ2) is 13.3. The van der Waals surface area contributed by atoms with Crippen LogP contribution >= 0.6 is 0 Å². The molecule has 5 unspecified atom stereocenters. The van der Waals surface area contributed by atoms with Crippen LogP contribution in [0.2, 0.25) is 0 Å². The zero-order valence-electron chi connectivity index (χ0n) is 19.8. The lowest BCUT2D eigenvalue weighted by atomic mass is 9.96. The molecule has 1 heterocycles. The minimum atomic E-state index is -1.53. The van der Waals surface area contributed by atoms with Crippen LogP contribution in [0.1, 0.15) is 46.2 Å². The molecule has 13 heteroatoms. The highest BCUT2D eigenvalue weighted by Crippen LogP contribution is 2.11. The number of nitrogens with two attached hydrogens (primary N) is 2. The zero-order valence-corrected chi connectivity index (χ0v) is 19.8. The van der Waals surface area contributed by atoms with Crippen molar-refractivity contribution >= 4 is 29.6 Å². The standard InChI is InChI=1S/C21H35N7O6/c1-5-11(4)17(20(32)26-14(21(33)34)7-15(23)29)28-19(31)16(10(2)3)27-18(30)13(22)6-12-8-24-9-25-12/h8-11,13-14,16-17H,5-7,22H2,1-4H3,(H2,23,29)(H,24,25)(H,26,32)(H,27,30)(H,28,31)(H,33,34). The Morgan fingerprint density at radius 2 is 1.62 bits per heavy atom. The van der Waals surface area contributed by atoms with Crippen LogP contribution in [-0.2, 0) is 30.4 Å². The van der Waals surface area contributed by atoms with E-state index in [-0.39, 0.29) is 18.3 Å². The Bertz CT molecular complexity index is 858. The summed E-state index contributed by atoms with van der Waals surface area (Å²) in [7, 11) is 0. The number of aromatic amines is 1. The normalized spacial score (nSPS) is 15.5. The van der Waals surface area contributed by atoms with Gasteiger partial charge in [-0.1, -0.05) is 34.1 Å². The molecule has 0 saturated carbocycles. The molecule has 0 aliphatic carbocycles. The number of primary amides is 1. The van der Waals surface area contributed by atoms with Gasteiger partial charge in [-0.25, -0.2) is 9.78 Å². The SMILES string of the molecule is CCC(C)C(NC(=O)C(NC(=O)C(N)Cc1cnc[nH]1)C(C)C)C(=O)NC(CC(N)=O)C(=O)O. The van der Waals surface area contributed by atoms with Crippen LogP contribution in [0.25, 0.3) is 0 Å². The van der Waals surface area contributed by atoms with E-state index in [0.29, 0.717) is 12.1 Å². The van der Waals surface area contributed by atoms with E-state index < -0.39 is 60.2 Å². The van der Waals surface area contributed by atoms with Gasteiger partial charge in [0.1, 0.15) is 18.1 Å². The summed E-state index contributed by atoms with van der Waals surface area (Å²) in [5.74, 6) is -5.00. The lowest BCUT2D eigenvalue weighted by molar-refractivity contribution is -0.144. The molecule has 5 atom stereocenters. The number of carboxylic acids is 1. The van der Waals surface area contributed by atoms with Gasteiger partial charge in [0.25, 0.3) is 0 Å². The summed E-state index contributed by atoms with van der Waals surface area (Å²) in [6.45, 7) is 6.94. The highest BCUT2D eigenvalue weighted by atomic mass is 16.4. The average molecular weight is 482 g/mol. The molecular weight excluding hydrogens is 446 g/mol. The molecule has 0 aliphatic rings. The molecule has 1 aromatic rings. The summed E-state index contributed by atoms with van der Waals surface area (Å²) >= 11 is 0. The first-order chi connectivity index (χ1) is 15.9. The minimum absolute atomic E-state index is 0.187. The van der Waals surface area contributed by atoms with E-state index in [1.807, 2.05) is 0 Å². The fraction of sp³-hybridized carbons (Fsp3) is 0.619. The van der Waals surface area contributed by atoms with Crippen LogP contribution in [0.3, 0.4) is 0 Å². The van der Waals surface area contributed by atoms with Gasteiger partial charge in [-0.05, 0) is 11.8 Å². The number of carboxylic acid groups (broad SMARTS) is 1. The highest BCUT2D eigenvalue weighted by Gasteiger charge is 2.34. The van der Waals surface area contributed by atoms with Crippen molar-refractivity contribution in [2.24, 2.45) is 23.3 Å². The molecule has 1 rings (SSSR count). The highest BCUT2D eigenvalue weighted by molar-refractivity contribution is 5.95. The average Bonchev–Trinajstić information content (AvgIpc) is 3.26. The maximum absolute atomic E-state index is 13.0. The predicted molar refractivity (Wildman–Crippen MR) is 122 cm³/mol. The summed E-state index contributed by atoms with van der Waals surface area (Å²) in [6, 6.07) is -4.58. The Kier molecular flexibility index (Phi) is 11.2. The number of nitrogens with zero attached hydrogens (tertiary/aromatic N) is 1. The molecule has 4 amide bonds. The van der Waals surface area contributed by atoms with Crippen molar-refractivity contribution in [3.63, 3.8) is 0 Å². The van der Waals surface area contributed by atoms with E-state index in [0.717, 1.165) is 0 Å². The molecule has 0 spiro atoms. The molecule has 0 radical (unpaired) electrons. The molecule has 34 heavy (non-hydrogen) atoms. The summed E-state index contributed by atoms with van der Waals surface area (Å²) in [6.07, 6.45) is 3.08. The molecule has 190 valence electrons. The van der Waals surface area contributed by atoms with Crippen LogP contribution < -0.4 is 27.4 Å². The van der Waals surface area contributed by atoms with Gasteiger partial charge in [0.2, 0.25) is 23.6 Å². The first-order valence-electron chi connectivity index (χ1n) is 11.0. The van der Waals surface area contributed by atoms with Crippen molar-refractivity contribution in [3.05, 3.63) is 18.2 Å². The van der Waals surface area contributed by atoms with Crippen LogP contribution in [-0.4, -0.2) is 68.8 Å². The van der Waals surface area contributed by atoms with E-state index in [1.165, 1.54) is 12.5 Å². The Hall–Kier alpha value is -3.48. The molecule has 0 saturated heterocycles. The fourth-order valence-corrected chi connectivity index (χ4v) is 3.13. The van der Waals surface area contributed by atoms with Crippen molar-refractivity contribution < 1.29 is 29.1 Å². The molecule has 0 aromatic carbocycles. The Morgan fingerprint density at radius 3 is 2.09 bits per heavy atom. The number of carbonyl (C=O) groups is 5. The summed E-state index contributed by atoms with van der Waals surface area (Å²) < 4.78 is 0. The van der Waals surface area contributed by atoms with Gasteiger partial charge in [0, 0.05) is 18.3 Å². The van der Waals surface area contributed by atoms with Crippen LogP contribution in [0.4, 0.5) is 0 Å². The van der Waals surface area contributed by atoms with E-state index in [1.54, 1.807) is 27.7 Å². The summed E-state index contributed by atoms with van der Waals surface area (Å²) in [5, 5.41) is 16.7. The smallest absolute Gasteiger partial charge is 0.326 e. The zero-order chi connectivity index (χ0) is 26.0. The molecule has 0 bridgehead atoms. The van der Waals surface area contributed by atoms with Gasteiger partial charge in [-0.15, -0.1) is 0 Å². The Labute approximate surface area is 197 Å². The molecule has 9 N–H and O–H groups in total. The number of hydrogen-bond donors (Lipinski definition) is 7. The number of amides is 4. The largest absolute Gasteiger partial charge is 0.480 e. The van der Waals surface area contributed by atoms with Gasteiger partial charge < -0.3 is 37.5 Å². The van der Waals surface area contributed by atoms with Gasteiger partial charge in [-0.3, -0.25) is 19.2 Å². The van der Waals surface area contributed by atoms with E-state index in [9.17, 15) is 29.1 Å². The van der Waals surface area contributed by atoms with Gasteiger partial charge in [0.15, 0.2) is 0 Å². The third-order valence-corrected chi connectivity index (χ3v) is 5.39. The number of imidazole rings is 1. The third kappa shape index (κ3) is 8.81. The third-order valence-electron chi connectivity index (χ3n) is 5.39. The Balaban J connectivity index is 2.94. The second-order valence-corrected chi connectivity index (χ2v) is 8.56. The van der Waals surface area contributed by atoms with E-state index in [2.05, 4.69) is 25.9 Å². The number of H-pyrrole nitrogens is 1. The van der Waals surface area contributed by atoms with Crippen LogP contribution in [0.5, 0.6) is 0 Å². The number of aliphatic carboxylic acids is 1. The quantitative estimate of drug-likeness (QED) is 0.163.